The first-order chi connectivity index (χ1) is 12.7. The molecule has 8 heteroatoms. The van der Waals surface area contributed by atoms with Gasteiger partial charge in [0.1, 0.15) is 5.66 Å². The molecule has 4 rings (SSSR count). The number of rotatable bonds is 3. The minimum atomic E-state index is -0.456. The molecule has 0 radical (unpaired) electrons. The maximum atomic E-state index is 6.34. The average Bonchev–Trinajstić information content (AvgIpc) is 2.64. The van der Waals surface area contributed by atoms with E-state index in [9.17, 15) is 0 Å². The lowest BCUT2D eigenvalue weighted by Crippen LogP contribution is -2.58. The molecule has 26 heavy (non-hydrogen) atoms. The van der Waals surface area contributed by atoms with E-state index < -0.39 is 5.66 Å². The molecule has 1 fully saturated rings. The van der Waals surface area contributed by atoms with Crippen LogP contribution in [0.3, 0.4) is 0 Å². The normalized spacial score (nSPS) is 19.2. The van der Waals surface area contributed by atoms with Gasteiger partial charge in [-0.05, 0) is 55.6 Å². The lowest BCUT2D eigenvalue weighted by molar-refractivity contribution is 0.305. The van der Waals surface area contributed by atoms with Gasteiger partial charge in [-0.3, -0.25) is 4.90 Å². The Morgan fingerprint density at radius 3 is 2.46 bits per heavy atom. The minimum Gasteiger partial charge on any atom is -0.369 e. The van der Waals surface area contributed by atoms with Crippen LogP contribution >= 0.6 is 11.8 Å². The molecule has 0 atom stereocenters. The van der Waals surface area contributed by atoms with E-state index in [2.05, 4.69) is 15.0 Å². The van der Waals surface area contributed by atoms with Crippen LogP contribution in [0.4, 0.5) is 5.69 Å². The Morgan fingerprint density at radius 2 is 1.69 bits per heavy atom. The predicted molar refractivity (Wildman–Crippen MR) is 104 cm³/mol. The smallest absolute Gasteiger partial charge is 0.220 e. The Hall–Kier alpha value is -2.61. The van der Waals surface area contributed by atoms with E-state index in [1.54, 1.807) is 18.5 Å². The molecule has 7 nitrogen and oxygen atoms in total. The molecule has 0 bridgehead atoms. The van der Waals surface area contributed by atoms with Gasteiger partial charge in [-0.2, -0.15) is 4.99 Å². The van der Waals surface area contributed by atoms with Gasteiger partial charge in [0.15, 0.2) is 5.16 Å². The average molecular weight is 367 g/mol. The molecule has 0 unspecified atom stereocenters. The van der Waals surface area contributed by atoms with Gasteiger partial charge in [0.05, 0.1) is 5.69 Å². The van der Waals surface area contributed by atoms with E-state index in [1.165, 1.54) is 18.2 Å². The van der Waals surface area contributed by atoms with E-state index in [-0.39, 0.29) is 5.96 Å². The van der Waals surface area contributed by atoms with E-state index in [0.29, 0.717) is 11.1 Å². The highest BCUT2D eigenvalue weighted by Gasteiger charge is 2.43. The fraction of sp³-hybridized carbons (Fsp3) is 0.333. The number of anilines is 1. The Kier molecular flexibility index (Phi) is 4.50. The first-order valence-corrected chi connectivity index (χ1v) is 9.53. The highest BCUT2D eigenvalue weighted by molar-refractivity contribution is 7.99. The quantitative estimate of drug-likeness (QED) is 0.808. The van der Waals surface area contributed by atoms with E-state index in [1.807, 2.05) is 29.2 Å². The molecule has 2 heterocycles. The molecule has 2 aliphatic rings. The molecule has 134 valence electrons. The number of hydrogen-bond acceptors (Lipinski definition) is 8. The third-order valence-corrected chi connectivity index (χ3v) is 5.66. The summed E-state index contributed by atoms with van der Waals surface area (Å²) in [7, 11) is 0. The summed E-state index contributed by atoms with van der Waals surface area (Å²) in [5.41, 5.74) is 12.8. The molecule has 1 aliphatic heterocycles. The highest BCUT2D eigenvalue weighted by Crippen LogP contribution is 2.43. The number of aliphatic imine (C=N–C) groups is 2. The van der Waals surface area contributed by atoms with Gasteiger partial charge in [0.25, 0.3) is 0 Å². The van der Waals surface area contributed by atoms with E-state index in [0.717, 1.165) is 36.3 Å². The summed E-state index contributed by atoms with van der Waals surface area (Å²) in [5, 5.41) is 0.688. The van der Waals surface area contributed by atoms with Crippen molar-refractivity contribution in [3.63, 3.8) is 0 Å². The SMILES string of the molecule is NC1=NC2(CCCCC2)N(c2ccccc2Sc2ncccn2)C(N)=N1. The number of para-hydroxylation sites is 1. The fourth-order valence-corrected chi connectivity index (χ4v) is 4.47. The third-order valence-electron chi connectivity index (χ3n) is 4.70. The molecule has 0 amide bonds. The first-order valence-electron chi connectivity index (χ1n) is 8.72. The van der Waals surface area contributed by atoms with Crippen LogP contribution in [-0.2, 0) is 0 Å². The van der Waals surface area contributed by atoms with Crippen molar-refractivity contribution in [2.24, 2.45) is 21.5 Å². The lowest BCUT2D eigenvalue weighted by Gasteiger charge is -2.46. The van der Waals surface area contributed by atoms with Gasteiger partial charge in [0.2, 0.25) is 11.9 Å². The molecular weight excluding hydrogens is 346 g/mol. The summed E-state index contributed by atoms with van der Waals surface area (Å²) in [4.78, 5) is 20.7. The molecule has 1 aliphatic carbocycles. The van der Waals surface area contributed by atoms with Gasteiger partial charge in [0, 0.05) is 17.3 Å². The number of nitrogens with two attached hydrogens (primary N) is 2. The largest absolute Gasteiger partial charge is 0.369 e. The Labute approximate surface area is 156 Å². The van der Waals surface area contributed by atoms with Crippen molar-refractivity contribution in [2.75, 3.05) is 4.90 Å². The van der Waals surface area contributed by atoms with Gasteiger partial charge >= 0.3 is 0 Å². The zero-order valence-corrected chi connectivity index (χ0v) is 15.2. The van der Waals surface area contributed by atoms with Crippen molar-refractivity contribution < 1.29 is 0 Å². The number of benzene rings is 1. The van der Waals surface area contributed by atoms with Crippen LogP contribution < -0.4 is 16.4 Å². The number of hydrogen-bond donors (Lipinski definition) is 2. The highest BCUT2D eigenvalue weighted by atomic mass is 32.2. The zero-order chi connectivity index (χ0) is 18.0. The molecule has 1 aromatic heterocycles. The van der Waals surface area contributed by atoms with Crippen LogP contribution in [-0.4, -0.2) is 27.5 Å². The summed E-state index contributed by atoms with van der Waals surface area (Å²) in [5.74, 6) is 0.651. The van der Waals surface area contributed by atoms with Gasteiger partial charge in [-0.1, -0.05) is 18.6 Å². The molecule has 0 saturated heterocycles. The molecular formula is C18H21N7S. The second-order valence-corrected chi connectivity index (χ2v) is 7.43. The Bertz CT molecular complexity index is 844. The summed E-state index contributed by atoms with van der Waals surface area (Å²) >= 11 is 1.50. The van der Waals surface area contributed by atoms with Crippen molar-refractivity contribution in [1.29, 1.82) is 0 Å². The van der Waals surface area contributed by atoms with Gasteiger partial charge < -0.3 is 11.5 Å². The Balaban J connectivity index is 1.77. The summed E-state index contributed by atoms with van der Waals surface area (Å²) in [6.07, 6.45) is 8.69. The first kappa shape index (κ1) is 16.8. The second-order valence-electron chi connectivity index (χ2n) is 6.42. The van der Waals surface area contributed by atoms with Crippen LogP contribution in [0.25, 0.3) is 0 Å². The van der Waals surface area contributed by atoms with Crippen molar-refractivity contribution in [1.82, 2.24) is 9.97 Å². The van der Waals surface area contributed by atoms with Gasteiger partial charge in [-0.15, -0.1) is 0 Å². The standard InChI is InChI=1S/C18H21N7S/c19-15-23-16(20)25(18(24-15)9-4-1-5-10-18)13-7-2-3-8-14(13)26-17-21-11-6-12-22-17/h2-3,6-8,11-12H,1,4-5,9-10H2,(H4,19,20,23,24). The molecule has 4 N–H and O–H groups in total. The maximum Gasteiger partial charge on any atom is 0.220 e. The molecule has 2 aromatic rings. The summed E-state index contributed by atoms with van der Waals surface area (Å²) < 4.78 is 0. The molecule has 1 spiro atoms. The maximum absolute atomic E-state index is 6.34. The van der Waals surface area contributed by atoms with Crippen LogP contribution in [0.2, 0.25) is 0 Å². The van der Waals surface area contributed by atoms with Crippen LogP contribution in [0, 0.1) is 0 Å². The molecule has 1 aromatic carbocycles. The number of aromatic nitrogens is 2. The van der Waals surface area contributed by atoms with E-state index in [4.69, 9.17) is 16.5 Å². The van der Waals surface area contributed by atoms with Gasteiger partial charge in [-0.25, -0.2) is 15.0 Å². The van der Waals surface area contributed by atoms with Crippen LogP contribution in [0.1, 0.15) is 32.1 Å². The van der Waals surface area contributed by atoms with Crippen molar-refractivity contribution in [2.45, 2.75) is 47.8 Å². The fourth-order valence-electron chi connectivity index (χ4n) is 3.63. The zero-order valence-electron chi connectivity index (χ0n) is 14.4. The van der Waals surface area contributed by atoms with Crippen LogP contribution in [0.15, 0.2) is 62.8 Å². The van der Waals surface area contributed by atoms with Crippen LogP contribution in [0.5, 0.6) is 0 Å². The van der Waals surface area contributed by atoms with Crippen molar-refractivity contribution in [3.8, 4) is 0 Å². The van der Waals surface area contributed by atoms with E-state index >= 15 is 0 Å². The Morgan fingerprint density at radius 1 is 0.962 bits per heavy atom. The van der Waals surface area contributed by atoms with Crippen molar-refractivity contribution >= 4 is 29.4 Å². The predicted octanol–water partition coefficient (Wildman–Crippen LogP) is 2.74. The number of nitrogens with zero attached hydrogens (tertiary/aromatic N) is 5. The molecule has 1 saturated carbocycles. The third kappa shape index (κ3) is 3.12. The second kappa shape index (κ2) is 6.95. The summed E-state index contributed by atoms with van der Waals surface area (Å²) in [6.45, 7) is 0. The topological polar surface area (TPSA) is 106 Å². The lowest BCUT2D eigenvalue weighted by atomic mass is 9.87. The minimum absolute atomic E-state index is 0.261. The van der Waals surface area contributed by atoms with Crippen molar-refractivity contribution in [3.05, 3.63) is 42.7 Å². The summed E-state index contributed by atoms with van der Waals surface area (Å²) in [6, 6.07) is 9.89. The number of guanidine groups is 2. The monoisotopic (exact) mass is 367 g/mol.